The molecule has 4 heteroatoms. The Morgan fingerprint density at radius 2 is 2.11 bits per heavy atom. The minimum atomic E-state index is -0.236. The second-order valence-corrected chi connectivity index (χ2v) is 4.99. The van der Waals surface area contributed by atoms with Crippen molar-refractivity contribution in [1.29, 1.82) is 0 Å². The van der Waals surface area contributed by atoms with E-state index < -0.39 is 0 Å². The Morgan fingerprint density at radius 1 is 1.42 bits per heavy atom. The molecule has 3 N–H and O–H groups in total. The van der Waals surface area contributed by atoms with Crippen LogP contribution in [0.1, 0.15) is 32.8 Å². The standard InChI is InChI=1S/C15H24N2O2/c1-5-8-19-14-9-10(2)6-7-13(14)17-15(18)11(3)12(4)16/h6-7,9,11-12H,5,8,16H2,1-4H3,(H,17,18). The lowest BCUT2D eigenvalue weighted by atomic mass is 10.0. The molecule has 0 heterocycles. The predicted molar refractivity (Wildman–Crippen MR) is 78.4 cm³/mol. The average Bonchev–Trinajstić information content (AvgIpc) is 2.37. The molecule has 0 bridgehead atoms. The summed E-state index contributed by atoms with van der Waals surface area (Å²) < 4.78 is 5.66. The van der Waals surface area contributed by atoms with E-state index in [4.69, 9.17) is 10.5 Å². The lowest BCUT2D eigenvalue weighted by Gasteiger charge is -2.17. The number of anilines is 1. The van der Waals surface area contributed by atoms with E-state index in [1.807, 2.05) is 45.9 Å². The fourth-order valence-electron chi connectivity index (χ4n) is 1.55. The van der Waals surface area contributed by atoms with Gasteiger partial charge in [-0.1, -0.05) is 19.9 Å². The fourth-order valence-corrected chi connectivity index (χ4v) is 1.55. The van der Waals surface area contributed by atoms with Crippen molar-refractivity contribution in [3.8, 4) is 5.75 Å². The van der Waals surface area contributed by atoms with E-state index in [-0.39, 0.29) is 17.9 Å². The first-order chi connectivity index (χ1) is 8.95. The molecule has 0 aromatic heterocycles. The number of benzene rings is 1. The lowest BCUT2D eigenvalue weighted by Crippen LogP contribution is -2.34. The van der Waals surface area contributed by atoms with Crippen molar-refractivity contribution in [2.24, 2.45) is 11.7 Å². The third-order valence-corrected chi connectivity index (χ3v) is 3.06. The van der Waals surface area contributed by atoms with Gasteiger partial charge in [0, 0.05) is 6.04 Å². The maximum absolute atomic E-state index is 12.0. The predicted octanol–water partition coefficient (Wildman–Crippen LogP) is 2.71. The number of aryl methyl sites for hydroxylation is 1. The molecule has 0 fully saturated rings. The normalized spacial score (nSPS) is 13.7. The van der Waals surface area contributed by atoms with Crippen LogP contribution in [0.15, 0.2) is 18.2 Å². The summed E-state index contributed by atoms with van der Waals surface area (Å²) in [4.78, 5) is 12.0. The topological polar surface area (TPSA) is 64.3 Å². The molecular formula is C15H24N2O2. The summed E-state index contributed by atoms with van der Waals surface area (Å²) in [6.45, 7) is 8.32. The molecule has 0 aliphatic carbocycles. The lowest BCUT2D eigenvalue weighted by molar-refractivity contribution is -0.119. The molecule has 19 heavy (non-hydrogen) atoms. The van der Waals surface area contributed by atoms with Gasteiger partial charge in [0.05, 0.1) is 18.2 Å². The summed E-state index contributed by atoms with van der Waals surface area (Å²) in [5.74, 6) is 0.396. The van der Waals surface area contributed by atoms with Gasteiger partial charge in [0.15, 0.2) is 0 Å². The SMILES string of the molecule is CCCOc1cc(C)ccc1NC(=O)C(C)C(C)N. The second kappa shape index (κ2) is 7.14. The Labute approximate surface area is 115 Å². The molecule has 0 saturated heterocycles. The molecule has 1 aromatic rings. The van der Waals surface area contributed by atoms with Crippen molar-refractivity contribution >= 4 is 11.6 Å². The van der Waals surface area contributed by atoms with E-state index in [1.165, 1.54) is 0 Å². The van der Waals surface area contributed by atoms with Crippen molar-refractivity contribution < 1.29 is 9.53 Å². The zero-order valence-corrected chi connectivity index (χ0v) is 12.2. The van der Waals surface area contributed by atoms with E-state index >= 15 is 0 Å². The number of ether oxygens (including phenoxy) is 1. The molecule has 1 aromatic carbocycles. The largest absolute Gasteiger partial charge is 0.491 e. The van der Waals surface area contributed by atoms with Crippen LogP contribution in [-0.4, -0.2) is 18.6 Å². The van der Waals surface area contributed by atoms with E-state index in [0.717, 1.165) is 12.0 Å². The maximum atomic E-state index is 12.0. The van der Waals surface area contributed by atoms with E-state index in [9.17, 15) is 4.79 Å². The van der Waals surface area contributed by atoms with Crippen LogP contribution in [0.3, 0.4) is 0 Å². The van der Waals surface area contributed by atoms with Gasteiger partial charge >= 0.3 is 0 Å². The third-order valence-electron chi connectivity index (χ3n) is 3.06. The van der Waals surface area contributed by atoms with Gasteiger partial charge in [-0.3, -0.25) is 4.79 Å². The monoisotopic (exact) mass is 264 g/mol. The minimum Gasteiger partial charge on any atom is -0.491 e. The van der Waals surface area contributed by atoms with Gasteiger partial charge in [-0.25, -0.2) is 0 Å². The molecule has 0 radical (unpaired) electrons. The zero-order valence-electron chi connectivity index (χ0n) is 12.2. The van der Waals surface area contributed by atoms with Crippen LogP contribution in [0.25, 0.3) is 0 Å². The fraction of sp³-hybridized carbons (Fsp3) is 0.533. The van der Waals surface area contributed by atoms with Crippen molar-refractivity contribution in [2.45, 2.75) is 40.2 Å². The van der Waals surface area contributed by atoms with E-state index in [0.29, 0.717) is 18.0 Å². The molecule has 1 rings (SSSR count). The van der Waals surface area contributed by atoms with Crippen LogP contribution >= 0.6 is 0 Å². The highest BCUT2D eigenvalue weighted by Crippen LogP contribution is 2.26. The van der Waals surface area contributed by atoms with Gasteiger partial charge in [0.25, 0.3) is 0 Å². The van der Waals surface area contributed by atoms with E-state index in [2.05, 4.69) is 5.32 Å². The van der Waals surface area contributed by atoms with E-state index in [1.54, 1.807) is 0 Å². The number of nitrogens with two attached hydrogens (primary N) is 1. The zero-order chi connectivity index (χ0) is 14.4. The molecule has 2 atom stereocenters. The summed E-state index contributed by atoms with van der Waals surface area (Å²) in [5, 5.41) is 2.88. The number of hydrogen-bond acceptors (Lipinski definition) is 3. The Kier molecular flexibility index (Phi) is 5.83. The van der Waals surface area contributed by atoms with Crippen LogP contribution < -0.4 is 15.8 Å². The van der Waals surface area contributed by atoms with Crippen LogP contribution in [0.4, 0.5) is 5.69 Å². The summed E-state index contributed by atoms with van der Waals surface area (Å²) in [7, 11) is 0. The number of rotatable bonds is 6. The second-order valence-electron chi connectivity index (χ2n) is 4.99. The number of nitrogens with one attached hydrogen (secondary N) is 1. The Hall–Kier alpha value is -1.55. The molecule has 4 nitrogen and oxygen atoms in total. The Morgan fingerprint density at radius 3 is 2.68 bits per heavy atom. The van der Waals surface area contributed by atoms with Crippen molar-refractivity contribution in [3.63, 3.8) is 0 Å². The van der Waals surface area contributed by atoms with Crippen molar-refractivity contribution in [3.05, 3.63) is 23.8 Å². The highest BCUT2D eigenvalue weighted by Gasteiger charge is 2.18. The minimum absolute atomic E-state index is 0.0831. The molecule has 1 amide bonds. The van der Waals surface area contributed by atoms with Crippen LogP contribution in [0.2, 0.25) is 0 Å². The van der Waals surface area contributed by atoms with Crippen LogP contribution in [0, 0.1) is 12.8 Å². The van der Waals surface area contributed by atoms with Crippen molar-refractivity contribution in [1.82, 2.24) is 0 Å². The highest BCUT2D eigenvalue weighted by atomic mass is 16.5. The number of hydrogen-bond donors (Lipinski definition) is 2. The molecular weight excluding hydrogens is 240 g/mol. The van der Waals surface area contributed by atoms with Gasteiger partial charge in [-0.2, -0.15) is 0 Å². The van der Waals surface area contributed by atoms with Crippen LogP contribution in [0.5, 0.6) is 5.75 Å². The smallest absolute Gasteiger partial charge is 0.228 e. The summed E-state index contributed by atoms with van der Waals surface area (Å²) in [5.41, 5.74) is 7.55. The Bertz CT molecular complexity index is 430. The number of carbonyl (C=O) groups excluding carboxylic acids is 1. The van der Waals surface area contributed by atoms with Crippen LogP contribution in [-0.2, 0) is 4.79 Å². The molecule has 0 spiro atoms. The molecule has 2 unspecified atom stereocenters. The molecule has 106 valence electrons. The first-order valence-electron chi connectivity index (χ1n) is 6.75. The average molecular weight is 264 g/mol. The number of carbonyl (C=O) groups is 1. The van der Waals surface area contributed by atoms with Gasteiger partial charge in [0.1, 0.15) is 5.75 Å². The van der Waals surface area contributed by atoms with Crippen molar-refractivity contribution in [2.75, 3.05) is 11.9 Å². The molecule has 0 aliphatic rings. The Balaban J connectivity index is 2.84. The first kappa shape index (κ1) is 15.5. The number of amides is 1. The third kappa shape index (κ3) is 4.56. The molecule has 0 saturated carbocycles. The van der Waals surface area contributed by atoms with Gasteiger partial charge in [0.2, 0.25) is 5.91 Å². The van der Waals surface area contributed by atoms with Gasteiger partial charge < -0.3 is 15.8 Å². The first-order valence-corrected chi connectivity index (χ1v) is 6.75. The van der Waals surface area contributed by atoms with Gasteiger partial charge in [-0.05, 0) is 38.0 Å². The summed E-state index contributed by atoms with van der Waals surface area (Å²) in [6.07, 6.45) is 0.928. The summed E-state index contributed by atoms with van der Waals surface area (Å²) >= 11 is 0. The molecule has 0 aliphatic heterocycles. The summed E-state index contributed by atoms with van der Waals surface area (Å²) in [6, 6.07) is 5.57. The quantitative estimate of drug-likeness (QED) is 0.830. The maximum Gasteiger partial charge on any atom is 0.228 e. The van der Waals surface area contributed by atoms with Gasteiger partial charge in [-0.15, -0.1) is 0 Å². The highest BCUT2D eigenvalue weighted by molar-refractivity contribution is 5.94.